The number of methoxy groups -OCH3 is 1. The van der Waals surface area contributed by atoms with Gasteiger partial charge in [0.25, 0.3) is 5.56 Å². The summed E-state index contributed by atoms with van der Waals surface area (Å²) in [5.41, 5.74) is 1.26. The summed E-state index contributed by atoms with van der Waals surface area (Å²) >= 11 is 1.33. The van der Waals surface area contributed by atoms with Crippen LogP contribution in [0.5, 0.6) is 5.75 Å². The molecule has 4 heterocycles. The number of likely N-dealkylation sites (tertiary alicyclic amines) is 1. The summed E-state index contributed by atoms with van der Waals surface area (Å²) in [4.78, 5) is 35.9. The Kier molecular flexibility index (Phi) is 4.88. The first-order valence-electron chi connectivity index (χ1n) is 10.0. The number of rotatable bonds is 5. The minimum atomic E-state index is -0.361. The summed E-state index contributed by atoms with van der Waals surface area (Å²) in [6.07, 6.45) is 2.75. The van der Waals surface area contributed by atoms with Gasteiger partial charge in [-0.15, -0.1) is 11.3 Å². The summed E-state index contributed by atoms with van der Waals surface area (Å²) in [5, 5.41) is 0.819. The van der Waals surface area contributed by atoms with Crippen LogP contribution in [-0.4, -0.2) is 46.2 Å². The van der Waals surface area contributed by atoms with Crippen LogP contribution in [-0.2, 0) is 6.54 Å². The number of pyridine rings is 1. The van der Waals surface area contributed by atoms with E-state index in [9.17, 15) is 9.59 Å². The first-order chi connectivity index (χ1) is 14.6. The molecule has 0 saturated carbocycles. The quantitative estimate of drug-likeness (QED) is 0.535. The lowest BCUT2D eigenvalue weighted by Gasteiger charge is -2.17. The number of nitrogens with zero attached hydrogens (tertiary/aromatic N) is 3. The Hall–Kier alpha value is -2.97. The Balaban J connectivity index is 1.35. The molecule has 0 unspecified atom stereocenters. The van der Waals surface area contributed by atoms with Gasteiger partial charge in [-0.25, -0.2) is 9.78 Å². The van der Waals surface area contributed by atoms with Gasteiger partial charge in [-0.2, -0.15) is 0 Å². The third kappa shape index (κ3) is 3.32. The lowest BCUT2D eigenvalue weighted by molar-refractivity contribution is 0.314. The smallest absolute Gasteiger partial charge is 0.328 e. The van der Waals surface area contributed by atoms with Gasteiger partial charge in [-0.05, 0) is 48.7 Å². The zero-order valence-electron chi connectivity index (χ0n) is 16.6. The van der Waals surface area contributed by atoms with E-state index in [0.717, 1.165) is 35.5 Å². The molecule has 0 aliphatic carbocycles. The minimum absolute atomic E-state index is 0.236. The molecular weight excluding hydrogens is 400 g/mol. The maximum Gasteiger partial charge on any atom is 0.328 e. The highest BCUT2D eigenvalue weighted by molar-refractivity contribution is 7.25. The average molecular weight is 423 g/mol. The van der Waals surface area contributed by atoms with Gasteiger partial charge < -0.3 is 14.6 Å². The third-order valence-electron chi connectivity index (χ3n) is 5.86. The monoisotopic (exact) mass is 422 g/mol. The molecule has 1 atom stereocenters. The van der Waals surface area contributed by atoms with Gasteiger partial charge >= 0.3 is 5.69 Å². The molecule has 30 heavy (non-hydrogen) atoms. The number of hydrogen-bond donors (Lipinski definition) is 1. The van der Waals surface area contributed by atoms with Crippen molar-refractivity contribution in [1.29, 1.82) is 0 Å². The molecule has 1 aromatic carbocycles. The van der Waals surface area contributed by atoms with Gasteiger partial charge in [0.05, 0.1) is 12.6 Å². The lowest BCUT2D eigenvalue weighted by atomic mass is 9.98. The van der Waals surface area contributed by atoms with Crippen molar-refractivity contribution in [2.45, 2.75) is 18.9 Å². The van der Waals surface area contributed by atoms with Crippen LogP contribution in [0.2, 0.25) is 0 Å². The Morgan fingerprint density at radius 2 is 2.13 bits per heavy atom. The van der Waals surface area contributed by atoms with Gasteiger partial charge in [0, 0.05) is 31.2 Å². The molecule has 5 rings (SSSR count). The standard InChI is InChI=1S/C22H22N4O3S/c1-29-16-5-2-4-14(12-16)15-7-9-25(13-15)10-11-26-21(27)19-18(24-22(26)28)17-6-3-8-23-20(17)30-19/h2-6,8,12,15H,7,9-11,13H2,1H3,(H,24,28)/t15-/m0/s1. The van der Waals surface area contributed by atoms with Crippen LogP contribution in [0.3, 0.4) is 0 Å². The largest absolute Gasteiger partial charge is 0.497 e. The molecule has 7 nitrogen and oxygen atoms in total. The fourth-order valence-corrected chi connectivity index (χ4v) is 5.29. The van der Waals surface area contributed by atoms with Gasteiger partial charge in [0.15, 0.2) is 0 Å². The highest BCUT2D eigenvalue weighted by Crippen LogP contribution is 2.29. The fraction of sp³-hybridized carbons (Fsp3) is 0.318. The van der Waals surface area contributed by atoms with Crippen LogP contribution in [0.4, 0.5) is 0 Å². The summed E-state index contributed by atoms with van der Waals surface area (Å²) in [6.45, 7) is 2.90. The number of thiophene rings is 1. The molecule has 0 spiro atoms. The molecule has 154 valence electrons. The number of nitrogens with one attached hydrogen (secondary N) is 1. The summed E-state index contributed by atoms with van der Waals surface area (Å²) in [7, 11) is 1.68. The maximum atomic E-state index is 13.0. The predicted molar refractivity (Wildman–Crippen MR) is 119 cm³/mol. The Morgan fingerprint density at radius 3 is 3.00 bits per heavy atom. The van der Waals surface area contributed by atoms with E-state index < -0.39 is 0 Å². The molecular formula is C22H22N4O3S. The summed E-state index contributed by atoms with van der Waals surface area (Å²) in [5.74, 6) is 1.31. The second-order valence-corrected chi connectivity index (χ2v) is 8.61. The van der Waals surface area contributed by atoms with Crippen molar-refractivity contribution in [1.82, 2.24) is 19.4 Å². The molecule has 0 bridgehead atoms. The Labute approximate surface area is 176 Å². The van der Waals surface area contributed by atoms with E-state index in [1.54, 1.807) is 13.3 Å². The van der Waals surface area contributed by atoms with Crippen molar-refractivity contribution in [3.05, 3.63) is 69.0 Å². The number of benzene rings is 1. The summed E-state index contributed by atoms with van der Waals surface area (Å²) in [6, 6.07) is 11.9. The number of aromatic nitrogens is 3. The van der Waals surface area contributed by atoms with Crippen LogP contribution in [0, 0.1) is 0 Å². The molecule has 1 saturated heterocycles. The Bertz CT molecular complexity index is 1340. The first kappa shape index (κ1) is 19.0. The van der Waals surface area contributed by atoms with E-state index in [1.807, 2.05) is 24.3 Å². The maximum absolute atomic E-state index is 13.0. The van der Waals surface area contributed by atoms with E-state index in [1.165, 1.54) is 21.5 Å². The molecule has 1 N–H and O–H groups in total. The van der Waals surface area contributed by atoms with Crippen molar-refractivity contribution >= 4 is 31.8 Å². The van der Waals surface area contributed by atoms with Crippen molar-refractivity contribution in [3.63, 3.8) is 0 Å². The van der Waals surface area contributed by atoms with E-state index in [2.05, 4.69) is 27.0 Å². The molecule has 1 aliphatic rings. The van der Waals surface area contributed by atoms with Crippen LogP contribution >= 0.6 is 11.3 Å². The predicted octanol–water partition coefficient (Wildman–Crippen LogP) is 2.80. The molecule has 0 radical (unpaired) electrons. The van der Waals surface area contributed by atoms with E-state index in [0.29, 0.717) is 29.2 Å². The van der Waals surface area contributed by atoms with Crippen molar-refractivity contribution in [2.75, 3.05) is 26.7 Å². The van der Waals surface area contributed by atoms with E-state index in [-0.39, 0.29) is 11.2 Å². The topological polar surface area (TPSA) is 80.2 Å². The van der Waals surface area contributed by atoms with Crippen molar-refractivity contribution in [2.24, 2.45) is 0 Å². The zero-order chi connectivity index (χ0) is 20.7. The second kappa shape index (κ2) is 7.70. The SMILES string of the molecule is COc1cccc([C@H]2CCN(CCn3c(=O)[nH]c4c(sc5ncccc54)c3=O)C2)c1. The van der Waals surface area contributed by atoms with Gasteiger partial charge in [-0.1, -0.05) is 12.1 Å². The highest BCUT2D eigenvalue weighted by Gasteiger charge is 2.24. The van der Waals surface area contributed by atoms with Crippen molar-refractivity contribution in [3.8, 4) is 5.75 Å². The summed E-state index contributed by atoms with van der Waals surface area (Å²) < 4.78 is 7.21. The third-order valence-corrected chi connectivity index (χ3v) is 6.96. The number of hydrogen-bond acceptors (Lipinski definition) is 6. The van der Waals surface area contributed by atoms with Crippen LogP contribution in [0.15, 0.2) is 52.2 Å². The second-order valence-electron chi connectivity index (χ2n) is 7.61. The van der Waals surface area contributed by atoms with Gasteiger partial charge in [-0.3, -0.25) is 9.36 Å². The van der Waals surface area contributed by atoms with Crippen LogP contribution in [0.25, 0.3) is 20.4 Å². The van der Waals surface area contributed by atoms with E-state index in [4.69, 9.17) is 4.74 Å². The molecule has 3 aromatic heterocycles. The number of ether oxygens (including phenoxy) is 1. The molecule has 4 aromatic rings. The molecule has 1 aliphatic heterocycles. The van der Waals surface area contributed by atoms with Gasteiger partial charge in [0.2, 0.25) is 0 Å². The fourth-order valence-electron chi connectivity index (χ4n) is 4.24. The number of fused-ring (bicyclic) bond motifs is 3. The Morgan fingerprint density at radius 1 is 1.23 bits per heavy atom. The minimum Gasteiger partial charge on any atom is -0.497 e. The van der Waals surface area contributed by atoms with Gasteiger partial charge in [0.1, 0.15) is 15.3 Å². The lowest BCUT2D eigenvalue weighted by Crippen LogP contribution is -2.38. The molecule has 0 amide bonds. The normalized spacial score (nSPS) is 17.2. The average Bonchev–Trinajstić information content (AvgIpc) is 3.39. The molecule has 1 fully saturated rings. The van der Waals surface area contributed by atoms with Crippen LogP contribution in [0.1, 0.15) is 17.9 Å². The zero-order valence-corrected chi connectivity index (χ0v) is 17.4. The highest BCUT2D eigenvalue weighted by atomic mass is 32.1. The number of H-pyrrole nitrogens is 1. The molecule has 8 heteroatoms. The van der Waals surface area contributed by atoms with E-state index >= 15 is 0 Å². The van der Waals surface area contributed by atoms with Crippen molar-refractivity contribution < 1.29 is 4.74 Å². The first-order valence-corrected chi connectivity index (χ1v) is 10.8. The van der Waals surface area contributed by atoms with Crippen LogP contribution < -0.4 is 16.0 Å². The number of aromatic amines is 1.